The molecule has 0 unspecified atom stereocenters. The zero-order valence-electron chi connectivity index (χ0n) is 13.0. The van der Waals surface area contributed by atoms with Gasteiger partial charge in [0.05, 0.1) is 11.1 Å². The lowest BCUT2D eigenvalue weighted by Crippen LogP contribution is -2.07. The van der Waals surface area contributed by atoms with Crippen LogP contribution in [0.1, 0.15) is 12.5 Å². The van der Waals surface area contributed by atoms with Crippen molar-refractivity contribution in [2.45, 2.75) is 13.1 Å². The van der Waals surface area contributed by atoms with Gasteiger partial charge in [0.25, 0.3) is 0 Å². The van der Waals surface area contributed by atoms with Gasteiger partial charge in [-0.3, -0.25) is 4.79 Å². The molecule has 0 spiro atoms. The topological polar surface area (TPSA) is 59.3 Å². The fraction of sp³-hybridized carbons (Fsp3) is 0.111. The number of benzene rings is 2. The largest absolute Gasteiger partial charge is 0.422 e. The number of rotatable bonds is 2. The van der Waals surface area contributed by atoms with Gasteiger partial charge in [-0.1, -0.05) is 12.1 Å². The maximum absolute atomic E-state index is 12.6. The van der Waals surface area contributed by atoms with Crippen LogP contribution in [-0.4, -0.2) is 5.91 Å². The van der Waals surface area contributed by atoms with Crippen LogP contribution < -0.4 is 10.9 Å². The maximum atomic E-state index is 12.6. The highest BCUT2D eigenvalue weighted by molar-refractivity contribution is 5.92. The van der Waals surface area contributed by atoms with Crippen molar-refractivity contribution in [2.24, 2.45) is 0 Å². The smallest absolute Gasteiger partial charge is 0.416 e. The molecule has 1 N–H and O–H groups in total. The van der Waals surface area contributed by atoms with Crippen molar-refractivity contribution >= 4 is 22.6 Å². The third kappa shape index (κ3) is 3.55. The summed E-state index contributed by atoms with van der Waals surface area (Å²) in [4.78, 5) is 23.2. The molecule has 0 radical (unpaired) electrons. The second-order valence-electron chi connectivity index (χ2n) is 5.46. The number of amides is 1. The van der Waals surface area contributed by atoms with Crippen LogP contribution in [0.25, 0.3) is 22.1 Å². The summed E-state index contributed by atoms with van der Waals surface area (Å²) in [7, 11) is 0. The molecule has 0 bridgehead atoms. The summed E-state index contributed by atoms with van der Waals surface area (Å²) in [5, 5.41) is 3.16. The van der Waals surface area contributed by atoms with Crippen molar-refractivity contribution in [2.75, 3.05) is 5.32 Å². The summed E-state index contributed by atoms with van der Waals surface area (Å²) in [5.41, 5.74) is -0.228. The number of anilines is 1. The summed E-state index contributed by atoms with van der Waals surface area (Å²) in [6.07, 6.45) is -4.44. The molecule has 25 heavy (non-hydrogen) atoms. The lowest BCUT2D eigenvalue weighted by Gasteiger charge is -2.08. The number of hydrogen-bond acceptors (Lipinski definition) is 3. The number of hydrogen-bond donors (Lipinski definition) is 1. The molecule has 0 aliphatic rings. The predicted molar refractivity (Wildman–Crippen MR) is 87.2 cm³/mol. The normalized spacial score (nSPS) is 11.5. The van der Waals surface area contributed by atoms with Crippen LogP contribution in [0.3, 0.4) is 0 Å². The van der Waals surface area contributed by atoms with Crippen molar-refractivity contribution < 1.29 is 22.4 Å². The minimum atomic E-state index is -4.44. The molecule has 0 saturated carbocycles. The molecule has 128 valence electrons. The summed E-state index contributed by atoms with van der Waals surface area (Å²) >= 11 is 0. The van der Waals surface area contributed by atoms with Gasteiger partial charge >= 0.3 is 11.8 Å². The summed E-state index contributed by atoms with van der Waals surface area (Å²) < 4.78 is 43.1. The second-order valence-corrected chi connectivity index (χ2v) is 5.46. The van der Waals surface area contributed by atoms with Gasteiger partial charge in [0.15, 0.2) is 0 Å². The fourth-order valence-corrected chi connectivity index (χ4v) is 2.43. The number of alkyl halides is 3. The number of carbonyl (C=O) groups is 1. The van der Waals surface area contributed by atoms with Crippen LogP contribution in [0.4, 0.5) is 18.9 Å². The minimum absolute atomic E-state index is 0.161. The predicted octanol–water partition coefficient (Wildman–Crippen LogP) is 4.44. The first-order valence-corrected chi connectivity index (χ1v) is 7.27. The van der Waals surface area contributed by atoms with Crippen LogP contribution >= 0.6 is 0 Å². The fourth-order valence-electron chi connectivity index (χ4n) is 2.43. The third-order valence-corrected chi connectivity index (χ3v) is 3.58. The van der Waals surface area contributed by atoms with Crippen molar-refractivity contribution in [1.29, 1.82) is 0 Å². The average Bonchev–Trinajstić information content (AvgIpc) is 2.53. The van der Waals surface area contributed by atoms with E-state index in [9.17, 15) is 22.8 Å². The second kappa shape index (κ2) is 6.08. The van der Waals surface area contributed by atoms with E-state index in [1.54, 1.807) is 18.2 Å². The van der Waals surface area contributed by atoms with E-state index in [1.165, 1.54) is 25.1 Å². The highest BCUT2D eigenvalue weighted by Gasteiger charge is 2.30. The van der Waals surface area contributed by atoms with E-state index in [1.807, 2.05) is 0 Å². The number of halogens is 3. The molecular weight excluding hydrogens is 335 g/mol. The van der Waals surface area contributed by atoms with E-state index in [2.05, 4.69) is 5.32 Å². The van der Waals surface area contributed by atoms with Gasteiger partial charge < -0.3 is 9.73 Å². The van der Waals surface area contributed by atoms with Gasteiger partial charge in [0.1, 0.15) is 5.58 Å². The SMILES string of the molecule is CC(=O)Nc1ccc2cc(-c3ccc(C(F)(F)F)cc3)c(=O)oc2c1. The van der Waals surface area contributed by atoms with Crippen LogP contribution in [0.15, 0.2) is 57.7 Å². The first kappa shape index (κ1) is 16.8. The highest BCUT2D eigenvalue weighted by Crippen LogP contribution is 2.31. The summed E-state index contributed by atoms with van der Waals surface area (Å²) in [6.45, 7) is 1.36. The van der Waals surface area contributed by atoms with Crippen LogP contribution in [0.5, 0.6) is 0 Å². The van der Waals surface area contributed by atoms with Gasteiger partial charge in [-0.15, -0.1) is 0 Å². The van der Waals surface area contributed by atoms with Crippen molar-refractivity contribution in [3.8, 4) is 11.1 Å². The number of fused-ring (bicyclic) bond motifs is 1. The zero-order chi connectivity index (χ0) is 18.2. The molecule has 1 heterocycles. The van der Waals surface area contributed by atoms with E-state index in [0.29, 0.717) is 16.6 Å². The molecule has 7 heteroatoms. The molecular formula is C18H12F3NO3. The van der Waals surface area contributed by atoms with Crippen LogP contribution in [0.2, 0.25) is 0 Å². The molecule has 0 aliphatic carbocycles. The standard InChI is InChI=1S/C18H12F3NO3/c1-10(23)22-14-7-4-12-8-15(17(24)25-16(12)9-14)11-2-5-13(6-3-11)18(19,20)21/h2-9H,1H3,(H,22,23). The summed E-state index contributed by atoms with van der Waals surface area (Å²) in [6, 6.07) is 10.6. The van der Waals surface area contributed by atoms with E-state index in [-0.39, 0.29) is 17.1 Å². The number of nitrogens with one attached hydrogen (secondary N) is 1. The van der Waals surface area contributed by atoms with E-state index in [4.69, 9.17) is 4.42 Å². The molecule has 0 aliphatic heterocycles. The van der Waals surface area contributed by atoms with Gasteiger partial charge in [-0.25, -0.2) is 4.79 Å². The van der Waals surface area contributed by atoms with E-state index < -0.39 is 17.4 Å². The molecule has 4 nitrogen and oxygen atoms in total. The maximum Gasteiger partial charge on any atom is 0.416 e. The van der Waals surface area contributed by atoms with Crippen molar-refractivity contribution in [3.05, 3.63) is 64.5 Å². The van der Waals surface area contributed by atoms with Gasteiger partial charge in [-0.05, 0) is 35.9 Å². The van der Waals surface area contributed by atoms with Crippen LogP contribution in [-0.2, 0) is 11.0 Å². The van der Waals surface area contributed by atoms with E-state index >= 15 is 0 Å². The Hall–Kier alpha value is -3.09. The lowest BCUT2D eigenvalue weighted by molar-refractivity contribution is -0.137. The first-order chi connectivity index (χ1) is 11.7. The Labute approximate surface area is 139 Å². The molecule has 1 amide bonds. The Bertz CT molecular complexity index is 1000. The minimum Gasteiger partial charge on any atom is -0.422 e. The Morgan fingerprint density at radius 2 is 1.72 bits per heavy atom. The highest BCUT2D eigenvalue weighted by atomic mass is 19.4. The zero-order valence-corrected chi connectivity index (χ0v) is 13.0. The average molecular weight is 347 g/mol. The van der Waals surface area contributed by atoms with Gasteiger partial charge in [0.2, 0.25) is 5.91 Å². The molecule has 3 rings (SSSR count). The van der Waals surface area contributed by atoms with Crippen molar-refractivity contribution in [1.82, 2.24) is 0 Å². The Morgan fingerprint density at radius 1 is 1.04 bits per heavy atom. The Morgan fingerprint density at radius 3 is 2.32 bits per heavy atom. The molecule has 0 fully saturated rings. The molecule has 1 aromatic heterocycles. The Kier molecular flexibility index (Phi) is 4.08. The molecule has 3 aromatic rings. The Balaban J connectivity index is 2.04. The number of carbonyl (C=O) groups excluding carboxylic acids is 1. The summed E-state index contributed by atoms with van der Waals surface area (Å²) in [5.74, 6) is -0.261. The van der Waals surface area contributed by atoms with Gasteiger partial charge in [-0.2, -0.15) is 13.2 Å². The molecule has 0 saturated heterocycles. The quantitative estimate of drug-likeness (QED) is 0.698. The van der Waals surface area contributed by atoms with Crippen molar-refractivity contribution in [3.63, 3.8) is 0 Å². The lowest BCUT2D eigenvalue weighted by atomic mass is 10.0. The third-order valence-electron chi connectivity index (χ3n) is 3.58. The molecule has 2 aromatic carbocycles. The monoisotopic (exact) mass is 347 g/mol. The van der Waals surface area contributed by atoms with Gasteiger partial charge in [0, 0.05) is 24.1 Å². The first-order valence-electron chi connectivity index (χ1n) is 7.27. The van der Waals surface area contributed by atoms with Crippen LogP contribution in [0, 0.1) is 0 Å². The van der Waals surface area contributed by atoms with E-state index in [0.717, 1.165) is 12.1 Å². The molecule has 0 atom stereocenters.